The molecule has 0 saturated heterocycles. The van der Waals surface area contributed by atoms with Gasteiger partial charge in [-0.25, -0.2) is 0 Å². The van der Waals surface area contributed by atoms with Gasteiger partial charge in [-0.3, -0.25) is 11.3 Å². The fourth-order valence-electron chi connectivity index (χ4n) is 0.789. The van der Waals surface area contributed by atoms with Gasteiger partial charge >= 0.3 is 0 Å². The Morgan fingerprint density at radius 1 is 1.80 bits per heavy atom. The zero-order valence-corrected chi connectivity index (χ0v) is 6.82. The van der Waals surface area contributed by atoms with Gasteiger partial charge in [0, 0.05) is 10.9 Å². The molecule has 0 spiro atoms. The van der Waals surface area contributed by atoms with Crippen molar-refractivity contribution in [2.24, 2.45) is 5.84 Å². The van der Waals surface area contributed by atoms with Crippen LogP contribution in [0.3, 0.4) is 0 Å². The number of hydrogen-bond acceptors (Lipinski definition) is 3. The Bertz CT molecular complexity index is 172. The van der Waals surface area contributed by atoms with Crippen molar-refractivity contribution >= 4 is 11.3 Å². The molecule has 1 atom stereocenters. The van der Waals surface area contributed by atoms with Gasteiger partial charge in [0.05, 0.1) is 0 Å². The molecule has 1 aromatic rings. The summed E-state index contributed by atoms with van der Waals surface area (Å²) >= 11 is 1.77. The second-order valence-corrected chi connectivity index (χ2v) is 3.38. The van der Waals surface area contributed by atoms with Crippen molar-refractivity contribution in [2.45, 2.75) is 19.4 Å². The Labute approximate surface area is 65.0 Å². The summed E-state index contributed by atoms with van der Waals surface area (Å²) in [6, 6.07) is 4.56. The van der Waals surface area contributed by atoms with Crippen molar-refractivity contribution in [3.05, 3.63) is 22.4 Å². The highest BCUT2D eigenvalue weighted by atomic mass is 32.1. The van der Waals surface area contributed by atoms with E-state index in [2.05, 4.69) is 29.9 Å². The number of nitrogens with two attached hydrogens (primary N) is 1. The molecule has 0 aliphatic carbocycles. The Hall–Kier alpha value is -0.380. The molecule has 1 unspecified atom stereocenters. The van der Waals surface area contributed by atoms with E-state index in [1.54, 1.807) is 11.3 Å². The molecule has 1 heterocycles. The molecule has 0 saturated carbocycles. The molecule has 0 fully saturated rings. The number of nitrogens with one attached hydrogen (secondary N) is 1. The molecule has 56 valence electrons. The molecule has 2 nitrogen and oxygen atoms in total. The molecule has 0 amide bonds. The van der Waals surface area contributed by atoms with Crippen molar-refractivity contribution in [3.63, 3.8) is 0 Å². The summed E-state index contributed by atoms with van der Waals surface area (Å²) in [5.41, 5.74) is 2.71. The highest BCUT2D eigenvalue weighted by Crippen LogP contribution is 2.10. The van der Waals surface area contributed by atoms with Crippen LogP contribution in [0.15, 0.2) is 17.5 Å². The fourth-order valence-corrected chi connectivity index (χ4v) is 1.62. The summed E-state index contributed by atoms with van der Waals surface area (Å²) in [7, 11) is 0. The van der Waals surface area contributed by atoms with Gasteiger partial charge in [0.2, 0.25) is 0 Å². The molecular weight excluding hydrogens is 144 g/mol. The first-order valence-electron chi connectivity index (χ1n) is 3.31. The monoisotopic (exact) mass is 156 g/mol. The van der Waals surface area contributed by atoms with Gasteiger partial charge in [-0.15, -0.1) is 11.3 Å². The summed E-state index contributed by atoms with van der Waals surface area (Å²) < 4.78 is 0. The molecule has 0 aliphatic heterocycles. The highest BCUT2D eigenvalue weighted by molar-refractivity contribution is 7.09. The minimum absolute atomic E-state index is 0.374. The van der Waals surface area contributed by atoms with Crippen LogP contribution in [-0.4, -0.2) is 6.04 Å². The maximum atomic E-state index is 5.24. The van der Waals surface area contributed by atoms with Crippen LogP contribution in [-0.2, 0) is 6.42 Å². The van der Waals surface area contributed by atoms with Crippen LogP contribution in [0.1, 0.15) is 11.8 Å². The Morgan fingerprint density at radius 3 is 3.10 bits per heavy atom. The number of hydrogen-bond donors (Lipinski definition) is 2. The van der Waals surface area contributed by atoms with Crippen LogP contribution < -0.4 is 11.3 Å². The van der Waals surface area contributed by atoms with Crippen LogP contribution in [0, 0.1) is 0 Å². The molecule has 10 heavy (non-hydrogen) atoms. The van der Waals surface area contributed by atoms with Crippen molar-refractivity contribution in [2.75, 3.05) is 0 Å². The van der Waals surface area contributed by atoms with E-state index in [-0.39, 0.29) is 0 Å². The molecule has 3 heteroatoms. The van der Waals surface area contributed by atoms with Gasteiger partial charge in [0.1, 0.15) is 0 Å². The number of thiophene rings is 1. The minimum Gasteiger partial charge on any atom is -0.271 e. The van der Waals surface area contributed by atoms with Crippen LogP contribution in [0.5, 0.6) is 0 Å². The summed E-state index contributed by atoms with van der Waals surface area (Å²) in [6.07, 6.45) is 1.02. The van der Waals surface area contributed by atoms with Gasteiger partial charge in [-0.1, -0.05) is 6.07 Å². The standard InChI is InChI=1S/C7H12N2S/c1-6(9-8)5-7-3-2-4-10-7/h2-4,6,9H,5,8H2,1H3. The van der Waals surface area contributed by atoms with Gasteiger partial charge in [0.15, 0.2) is 0 Å². The summed E-state index contributed by atoms with van der Waals surface area (Å²) in [4.78, 5) is 1.38. The summed E-state index contributed by atoms with van der Waals surface area (Å²) in [5, 5.41) is 2.08. The van der Waals surface area contributed by atoms with E-state index in [4.69, 9.17) is 5.84 Å². The van der Waals surface area contributed by atoms with E-state index in [0.717, 1.165) is 6.42 Å². The second kappa shape index (κ2) is 3.71. The largest absolute Gasteiger partial charge is 0.271 e. The third kappa shape index (κ3) is 2.10. The first-order chi connectivity index (χ1) is 4.83. The topological polar surface area (TPSA) is 38.0 Å². The maximum absolute atomic E-state index is 5.24. The predicted octanol–water partition coefficient (Wildman–Crippen LogP) is 1.14. The van der Waals surface area contributed by atoms with Gasteiger partial charge < -0.3 is 0 Å². The van der Waals surface area contributed by atoms with Crippen LogP contribution in [0.25, 0.3) is 0 Å². The normalized spacial score (nSPS) is 13.4. The van der Waals surface area contributed by atoms with Crippen molar-refractivity contribution in [3.8, 4) is 0 Å². The van der Waals surface area contributed by atoms with E-state index in [9.17, 15) is 0 Å². The maximum Gasteiger partial charge on any atom is 0.0230 e. The number of rotatable bonds is 3. The third-order valence-electron chi connectivity index (χ3n) is 1.37. The first-order valence-corrected chi connectivity index (χ1v) is 4.19. The minimum atomic E-state index is 0.374. The van der Waals surface area contributed by atoms with Crippen LogP contribution in [0.4, 0.5) is 0 Å². The zero-order chi connectivity index (χ0) is 7.40. The zero-order valence-electron chi connectivity index (χ0n) is 6.00. The van der Waals surface area contributed by atoms with E-state index in [1.807, 2.05) is 0 Å². The van der Waals surface area contributed by atoms with Gasteiger partial charge in [0.25, 0.3) is 0 Å². The van der Waals surface area contributed by atoms with Crippen molar-refractivity contribution < 1.29 is 0 Å². The van der Waals surface area contributed by atoms with E-state index in [1.165, 1.54) is 4.88 Å². The molecule has 0 aliphatic rings. The van der Waals surface area contributed by atoms with E-state index < -0.39 is 0 Å². The molecule has 0 bridgehead atoms. The molecular formula is C7H12N2S. The average molecular weight is 156 g/mol. The lowest BCUT2D eigenvalue weighted by Gasteiger charge is -2.06. The van der Waals surface area contributed by atoms with Crippen LogP contribution in [0.2, 0.25) is 0 Å². The summed E-state index contributed by atoms with van der Waals surface area (Å²) in [6.45, 7) is 2.07. The van der Waals surface area contributed by atoms with Gasteiger partial charge in [-0.2, -0.15) is 0 Å². The Balaban J connectivity index is 2.40. The Kier molecular flexibility index (Phi) is 2.86. The van der Waals surface area contributed by atoms with Crippen molar-refractivity contribution in [1.82, 2.24) is 5.43 Å². The van der Waals surface area contributed by atoms with Gasteiger partial charge in [-0.05, 0) is 24.8 Å². The first kappa shape index (κ1) is 7.72. The lowest BCUT2D eigenvalue weighted by atomic mass is 10.2. The molecule has 0 radical (unpaired) electrons. The Morgan fingerprint density at radius 2 is 2.60 bits per heavy atom. The SMILES string of the molecule is CC(Cc1cccs1)NN. The summed E-state index contributed by atoms with van der Waals surface area (Å²) in [5.74, 6) is 5.24. The van der Waals surface area contributed by atoms with Crippen LogP contribution >= 0.6 is 11.3 Å². The molecule has 1 aromatic heterocycles. The smallest absolute Gasteiger partial charge is 0.0230 e. The fraction of sp³-hybridized carbons (Fsp3) is 0.429. The lowest BCUT2D eigenvalue weighted by molar-refractivity contribution is 0.571. The van der Waals surface area contributed by atoms with E-state index >= 15 is 0 Å². The molecule has 3 N–H and O–H groups in total. The quantitative estimate of drug-likeness (QED) is 0.509. The third-order valence-corrected chi connectivity index (χ3v) is 2.27. The number of hydrazine groups is 1. The average Bonchev–Trinajstić information content (AvgIpc) is 2.40. The molecule has 0 aromatic carbocycles. The lowest BCUT2D eigenvalue weighted by Crippen LogP contribution is -2.33. The molecule has 1 rings (SSSR count). The van der Waals surface area contributed by atoms with Crippen molar-refractivity contribution in [1.29, 1.82) is 0 Å². The second-order valence-electron chi connectivity index (χ2n) is 2.35. The predicted molar refractivity (Wildman–Crippen MR) is 44.8 cm³/mol. The van der Waals surface area contributed by atoms with E-state index in [0.29, 0.717) is 6.04 Å². The highest BCUT2D eigenvalue weighted by Gasteiger charge is 1.99.